The minimum atomic E-state index is -4.60. The van der Waals surface area contributed by atoms with Crippen LogP contribution in [-0.4, -0.2) is 41.7 Å². The zero-order valence-corrected chi connectivity index (χ0v) is 17.7. The quantitative estimate of drug-likeness (QED) is 0.691. The average Bonchev–Trinajstić information content (AvgIpc) is 2.73. The van der Waals surface area contributed by atoms with Crippen LogP contribution < -0.4 is 10.1 Å². The van der Waals surface area contributed by atoms with Gasteiger partial charge < -0.3 is 14.8 Å². The SMILES string of the molecule is Cc1ncccc1[C@H]1CNCC[C@@H]1OC(=O)C(C)(C)COc1ncccc1C(F)(F)F. The van der Waals surface area contributed by atoms with Crippen LogP contribution in [0, 0.1) is 12.3 Å². The normalized spacial score (nSPS) is 19.7. The van der Waals surface area contributed by atoms with Gasteiger partial charge in [0.1, 0.15) is 18.3 Å². The molecule has 2 aromatic heterocycles. The minimum absolute atomic E-state index is 0.0595. The summed E-state index contributed by atoms with van der Waals surface area (Å²) < 4.78 is 50.6. The molecule has 9 heteroatoms. The van der Waals surface area contributed by atoms with Gasteiger partial charge in [-0.25, -0.2) is 4.98 Å². The molecule has 1 aliphatic heterocycles. The summed E-state index contributed by atoms with van der Waals surface area (Å²) in [5.74, 6) is -1.15. The van der Waals surface area contributed by atoms with E-state index in [0.717, 1.165) is 17.3 Å². The van der Waals surface area contributed by atoms with E-state index in [0.29, 0.717) is 19.5 Å². The number of aryl methyl sites for hydroxylation is 1. The summed E-state index contributed by atoms with van der Waals surface area (Å²) in [5.41, 5.74) is -0.274. The molecule has 2 aromatic rings. The molecule has 1 saturated heterocycles. The van der Waals surface area contributed by atoms with E-state index in [1.165, 1.54) is 12.3 Å². The number of esters is 1. The van der Waals surface area contributed by atoms with Crippen LogP contribution in [0.4, 0.5) is 13.2 Å². The Kier molecular flexibility index (Phi) is 6.83. The van der Waals surface area contributed by atoms with Crippen LogP contribution in [0.2, 0.25) is 0 Å². The highest BCUT2D eigenvalue weighted by molar-refractivity contribution is 5.76. The van der Waals surface area contributed by atoms with Crippen LogP contribution >= 0.6 is 0 Å². The van der Waals surface area contributed by atoms with Crippen LogP contribution in [-0.2, 0) is 15.7 Å². The summed E-state index contributed by atoms with van der Waals surface area (Å²) in [6.45, 7) is 6.12. The Hall–Kier alpha value is -2.68. The van der Waals surface area contributed by atoms with E-state index in [-0.39, 0.29) is 18.6 Å². The molecule has 6 nitrogen and oxygen atoms in total. The van der Waals surface area contributed by atoms with Gasteiger partial charge in [0.2, 0.25) is 5.88 Å². The number of nitrogens with zero attached hydrogens (tertiary/aromatic N) is 2. The first kappa shape index (κ1) is 23.0. The molecule has 1 aliphatic rings. The Morgan fingerprint density at radius 2 is 1.90 bits per heavy atom. The van der Waals surface area contributed by atoms with Gasteiger partial charge in [0, 0.05) is 30.6 Å². The first-order chi connectivity index (χ1) is 14.6. The highest BCUT2D eigenvalue weighted by Gasteiger charge is 2.39. The maximum atomic E-state index is 13.2. The van der Waals surface area contributed by atoms with E-state index in [2.05, 4.69) is 15.3 Å². The molecule has 168 valence electrons. The number of nitrogens with one attached hydrogen (secondary N) is 1. The second-order valence-electron chi connectivity index (χ2n) is 8.25. The number of hydrogen-bond donors (Lipinski definition) is 1. The van der Waals surface area contributed by atoms with Crippen LogP contribution in [0.5, 0.6) is 5.88 Å². The third-order valence-corrected chi connectivity index (χ3v) is 5.32. The number of carbonyl (C=O) groups is 1. The zero-order chi connectivity index (χ0) is 22.6. The average molecular weight is 437 g/mol. The molecule has 0 radical (unpaired) electrons. The van der Waals surface area contributed by atoms with Crippen molar-refractivity contribution in [2.75, 3.05) is 19.7 Å². The summed E-state index contributed by atoms with van der Waals surface area (Å²) in [6.07, 6.45) is -1.41. The molecule has 0 unspecified atom stereocenters. The minimum Gasteiger partial charge on any atom is -0.476 e. The lowest BCUT2D eigenvalue weighted by atomic mass is 9.87. The Labute approximate surface area is 179 Å². The van der Waals surface area contributed by atoms with Crippen molar-refractivity contribution in [1.82, 2.24) is 15.3 Å². The fourth-order valence-corrected chi connectivity index (χ4v) is 3.50. The number of carbonyl (C=O) groups excluding carboxylic acids is 1. The molecule has 3 rings (SSSR count). The van der Waals surface area contributed by atoms with Gasteiger partial charge in [0.25, 0.3) is 0 Å². The maximum absolute atomic E-state index is 13.2. The van der Waals surface area contributed by atoms with Gasteiger partial charge in [-0.05, 0) is 57.5 Å². The van der Waals surface area contributed by atoms with Gasteiger partial charge in [0.05, 0.1) is 5.41 Å². The molecule has 1 N–H and O–H groups in total. The highest BCUT2D eigenvalue weighted by Crippen LogP contribution is 2.36. The van der Waals surface area contributed by atoms with Crippen molar-refractivity contribution in [3.8, 4) is 5.88 Å². The molecular weight excluding hydrogens is 411 g/mol. The molecule has 0 spiro atoms. The Morgan fingerprint density at radius 3 is 2.61 bits per heavy atom. The van der Waals surface area contributed by atoms with E-state index in [1.807, 2.05) is 19.1 Å². The van der Waals surface area contributed by atoms with Crippen LogP contribution in [0.15, 0.2) is 36.7 Å². The monoisotopic (exact) mass is 437 g/mol. The first-order valence-corrected chi connectivity index (χ1v) is 10.1. The Morgan fingerprint density at radius 1 is 1.19 bits per heavy atom. The third kappa shape index (κ3) is 5.52. The van der Waals surface area contributed by atoms with E-state index >= 15 is 0 Å². The second-order valence-corrected chi connectivity index (χ2v) is 8.25. The van der Waals surface area contributed by atoms with Crippen LogP contribution in [0.3, 0.4) is 0 Å². The van der Waals surface area contributed by atoms with E-state index < -0.39 is 29.0 Å². The lowest BCUT2D eigenvalue weighted by Crippen LogP contribution is -2.44. The topological polar surface area (TPSA) is 73.3 Å². The molecule has 0 bridgehead atoms. The van der Waals surface area contributed by atoms with Crippen molar-refractivity contribution in [3.05, 3.63) is 53.5 Å². The lowest BCUT2D eigenvalue weighted by Gasteiger charge is -2.35. The van der Waals surface area contributed by atoms with Crippen molar-refractivity contribution in [2.45, 2.75) is 45.4 Å². The molecule has 0 aliphatic carbocycles. The fourth-order valence-electron chi connectivity index (χ4n) is 3.50. The summed E-state index contributed by atoms with van der Waals surface area (Å²) in [6, 6.07) is 5.89. The number of rotatable bonds is 6. The fraction of sp³-hybridized carbons (Fsp3) is 0.500. The van der Waals surface area contributed by atoms with Gasteiger partial charge >= 0.3 is 12.1 Å². The van der Waals surface area contributed by atoms with Crippen LogP contribution in [0.1, 0.15) is 43.0 Å². The first-order valence-electron chi connectivity index (χ1n) is 10.1. The predicted molar refractivity (Wildman–Crippen MR) is 108 cm³/mol. The van der Waals surface area contributed by atoms with E-state index in [1.54, 1.807) is 20.0 Å². The Balaban J connectivity index is 1.69. The number of pyridine rings is 2. The zero-order valence-electron chi connectivity index (χ0n) is 17.7. The molecule has 3 heterocycles. The number of aromatic nitrogens is 2. The predicted octanol–water partition coefficient (Wildman–Crippen LogP) is 3.90. The summed E-state index contributed by atoms with van der Waals surface area (Å²) in [5, 5.41) is 3.31. The number of alkyl halides is 3. The van der Waals surface area contributed by atoms with Crippen molar-refractivity contribution in [3.63, 3.8) is 0 Å². The number of halogens is 3. The number of hydrogen-bond acceptors (Lipinski definition) is 6. The summed E-state index contributed by atoms with van der Waals surface area (Å²) in [7, 11) is 0. The lowest BCUT2D eigenvalue weighted by molar-refractivity contribution is -0.163. The van der Waals surface area contributed by atoms with E-state index in [4.69, 9.17) is 9.47 Å². The maximum Gasteiger partial charge on any atom is 0.421 e. The smallest absolute Gasteiger partial charge is 0.421 e. The number of piperidine rings is 1. The molecule has 2 atom stereocenters. The largest absolute Gasteiger partial charge is 0.476 e. The van der Waals surface area contributed by atoms with Gasteiger partial charge in [-0.1, -0.05) is 6.07 Å². The molecular formula is C22H26F3N3O3. The summed E-state index contributed by atoms with van der Waals surface area (Å²) >= 11 is 0. The molecule has 31 heavy (non-hydrogen) atoms. The molecule has 0 saturated carbocycles. The highest BCUT2D eigenvalue weighted by atomic mass is 19.4. The van der Waals surface area contributed by atoms with Crippen molar-refractivity contribution in [1.29, 1.82) is 0 Å². The van der Waals surface area contributed by atoms with Crippen LogP contribution in [0.25, 0.3) is 0 Å². The number of ether oxygens (including phenoxy) is 2. The molecule has 0 aromatic carbocycles. The second kappa shape index (κ2) is 9.21. The van der Waals surface area contributed by atoms with E-state index in [9.17, 15) is 18.0 Å². The van der Waals surface area contributed by atoms with Gasteiger partial charge in [-0.15, -0.1) is 0 Å². The standard InChI is InChI=1S/C22H26F3N3O3/c1-14-15(6-4-9-27-14)16-12-26-11-8-18(16)31-20(29)21(2,3)13-30-19-17(22(23,24)25)7-5-10-28-19/h4-7,9-10,16,18,26H,8,11-13H2,1-3H3/t16-,18+/m1/s1. The summed E-state index contributed by atoms with van der Waals surface area (Å²) in [4.78, 5) is 20.9. The van der Waals surface area contributed by atoms with Gasteiger partial charge in [-0.3, -0.25) is 9.78 Å². The molecule has 1 fully saturated rings. The van der Waals surface area contributed by atoms with Crippen molar-refractivity contribution >= 4 is 5.97 Å². The Bertz CT molecular complexity index is 918. The third-order valence-electron chi connectivity index (χ3n) is 5.32. The van der Waals surface area contributed by atoms with Gasteiger partial charge in [0.15, 0.2) is 0 Å². The van der Waals surface area contributed by atoms with Gasteiger partial charge in [-0.2, -0.15) is 13.2 Å². The van der Waals surface area contributed by atoms with Crippen molar-refractivity contribution in [2.24, 2.45) is 5.41 Å². The van der Waals surface area contributed by atoms with Crippen molar-refractivity contribution < 1.29 is 27.4 Å². The molecule has 0 amide bonds.